The Bertz CT molecular complexity index is 991. The normalized spacial score (nSPS) is 11.6. The lowest BCUT2D eigenvalue weighted by Gasteiger charge is -2.08. The third kappa shape index (κ3) is 3.50. The van der Waals surface area contributed by atoms with Gasteiger partial charge >= 0.3 is 0 Å². The standard InChI is InChI=1S/C13H8Cl2N4O3S/c14-11-17-12(15)19-13(18-11)16-8-4-5-9-7(6-8)2-1-3-10(9)23(20,21)22/h1-6H,(H,20,21,22)(H,16,17,18,19). The minimum atomic E-state index is -4.30. The van der Waals surface area contributed by atoms with Crippen LogP contribution < -0.4 is 5.32 Å². The Hall–Kier alpha value is -2.00. The number of rotatable bonds is 3. The number of nitrogens with one attached hydrogen (secondary N) is 1. The number of nitrogens with zero attached hydrogens (tertiary/aromatic N) is 3. The topological polar surface area (TPSA) is 105 Å². The molecule has 3 rings (SSSR count). The van der Waals surface area contributed by atoms with E-state index >= 15 is 0 Å². The van der Waals surface area contributed by atoms with Crippen LogP contribution in [-0.2, 0) is 10.1 Å². The monoisotopic (exact) mass is 370 g/mol. The van der Waals surface area contributed by atoms with Crippen LogP contribution in [0.1, 0.15) is 0 Å². The summed E-state index contributed by atoms with van der Waals surface area (Å²) in [5.41, 5.74) is 0.586. The van der Waals surface area contributed by atoms with Crippen LogP contribution in [0.3, 0.4) is 0 Å². The maximum atomic E-state index is 11.4. The van der Waals surface area contributed by atoms with E-state index in [0.717, 1.165) is 0 Å². The zero-order chi connectivity index (χ0) is 16.6. The lowest BCUT2D eigenvalue weighted by atomic mass is 10.1. The predicted molar refractivity (Wildman–Crippen MR) is 86.9 cm³/mol. The van der Waals surface area contributed by atoms with Crippen molar-refractivity contribution in [2.45, 2.75) is 4.90 Å². The molecular formula is C13H8Cl2N4O3S. The molecule has 0 aliphatic heterocycles. The van der Waals surface area contributed by atoms with E-state index in [9.17, 15) is 13.0 Å². The summed E-state index contributed by atoms with van der Waals surface area (Å²) in [6.45, 7) is 0. The van der Waals surface area contributed by atoms with Gasteiger partial charge in [-0.05, 0) is 46.8 Å². The van der Waals surface area contributed by atoms with Gasteiger partial charge in [-0.15, -0.1) is 0 Å². The van der Waals surface area contributed by atoms with Crippen LogP contribution >= 0.6 is 23.2 Å². The first-order valence-electron chi connectivity index (χ1n) is 6.17. The third-order valence-corrected chi connectivity index (χ3v) is 4.21. The van der Waals surface area contributed by atoms with Gasteiger partial charge in [0.15, 0.2) is 0 Å². The molecule has 0 aliphatic rings. The van der Waals surface area contributed by atoms with E-state index in [1.165, 1.54) is 12.1 Å². The highest BCUT2D eigenvalue weighted by Crippen LogP contribution is 2.26. The minimum Gasteiger partial charge on any atom is -0.324 e. The molecule has 0 fully saturated rings. The summed E-state index contributed by atoms with van der Waals surface area (Å²) >= 11 is 11.4. The van der Waals surface area contributed by atoms with Gasteiger partial charge in [0.1, 0.15) is 4.90 Å². The molecule has 0 aliphatic carbocycles. The fourth-order valence-corrected chi connectivity index (χ4v) is 3.15. The van der Waals surface area contributed by atoms with Gasteiger partial charge < -0.3 is 5.32 Å². The molecule has 0 atom stereocenters. The van der Waals surface area contributed by atoms with E-state index in [2.05, 4.69) is 20.3 Å². The third-order valence-electron chi connectivity index (χ3n) is 2.96. The minimum absolute atomic E-state index is 0.0538. The number of aromatic nitrogens is 3. The Labute approximate surface area is 141 Å². The smallest absolute Gasteiger partial charge is 0.295 e. The SMILES string of the molecule is O=S(=O)(O)c1cccc2cc(Nc3nc(Cl)nc(Cl)n3)ccc12. The van der Waals surface area contributed by atoms with E-state index in [1.54, 1.807) is 24.3 Å². The molecule has 1 aromatic heterocycles. The second kappa shape index (κ2) is 5.89. The molecule has 0 unspecified atom stereocenters. The zero-order valence-corrected chi connectivity index (χ0v) is 13.6. The molecule has 10 heteroatoms. The molecule has 118 valence electrons. The lowest BCUT2D eigenvalue weighted by Crippen LogP contribution is -2.01. The molecular weight excluding hydrogens is 363 g/mol. The maximum Gasteiger partial charge on any atom is 0.295 e. The number of fused-ring (bicyclic) bond motifs is 1. The summed E-state index contributed by atoms with van der Waals surface area (Å²) in [7, 11) is -4.30. The molecule has 1 heterocycles. The molecule has 2 aromatic carbocycles. The molecule has 0 bridgehead atoms. The van der Waals surface area contributed by atoms with Gasteiger partial charge in [-0.1, -0.05) is 18.2 Å². The van der Waals surface area contributed by atoms with Gasteiger partial charge in [0.05, 0.1) is 0 Å². The molecule has 0 radical (unpaired) electrons. The predicted octanol–water partition coefficient (Wildman–Crippen LogP) is 3.32. The summed E-state index contributed by atoms with van der Waals surface area (Å²) in [4.78, 5) is 11.2. The van der Waals surface area contributed by atoms with E-state index in [-0.39, 0.29) is 21.4 Å². The molecule has 0 spiro atoms. The summed E-state index contributed by atoms with van der Waals surface area (Å²) in [5, 5.41) is 3.79. The van der Waals surface area contributed by atoms with Crippen molar-refractivity contribution < 1.29 is 13.0 Å². The maximum absolute atomic E-state index is 11.4. The van der Waals surface area contributed by atoms with Crippen molar-refractivity contribution in [1.29, 1.82) is 0 Å². The van der Waals surface area contributed by atoms with Gasteiger partial charge in [0, 0.05) is 11.1 Å². The highest BCUT2D eigenvalue weighted by molar-refractivity contribution is 7.86. The van der Waals surface area contributed by atoms with Crippen LogP contribution in [0.4, 0.5) is 11.6 Å². The highest BCUT2D eigenvalue weighted by atomic mass is 35.5. The first-order valence-corrected chi connectivity index (χ1v) is 8.37. The van der Waals surface area contributed by atoms with Crippen molar-refractivity contribution in [3.63, 3.8) is 0 Å². The molecule has 0 saturated heterocycles. The lowest BCUT2D eigenvalue weighted by molar-refractivity contribution is 0.484. The Morgan fingerprint density at radius 1 is 1.00 bits per heavy atom. The van der Waals surface area contributed by atoms with E-state index in [4.69, 9.17) is 23.2 Å². The van der Waals surface area contributed by atoms with Gasteiger partial charge in [-0.2, -0.15) is 23.4 Å². The fourth-order valence-electron chi connectivity index (χ4n) is 2.07. The number of benzene rings is 2. The first-order chi connectivity index (χ1) is 10.8. The number of hydrogen-bond acceptors (Lipinski definition) is 6. The number of anilines is 2. The van der Waals surface area contributed by atoms with Crippen molar-refractivity contribution in [1.82, 2.24) is 15.0 Å². The van der Waals surface area contributed by atoms with Crippen LogP contribution in [-0.4, -0.2) is 27.9 Å². The van der Waals surface area contributed by atoms with Crippen molar-refractivity contribution in [2.24, 2.45) is 0 Å². The van der Waals surface area contributed by atoms with E-state index in [0.29, 0.717) is 16.5 Å². The van der Waals surface area contributed by atoms with Crippen LogP contribution in [0, 0.1) is 0 Å². The molecule has 7 nitrogen and oxygen atoms in total. The van der Waals surface area contributed by atoms with Gasteiger partial charge in [-0.3, -0.25) is 4.55 Å². The van der Waals surface area contributed by atoms with Crippen LogP contribution in [0.25, 0.3) is 10.8 Å². The van der Waals surface area contributed by atoms with Crippen molar-refractivity contribution in [2.75, 3.05) is 5.32 Å². The molecule has 2 N–H and O–H groups in total. The van der Waals surface area contributed by atoms with Crippen molar-refractivity contribution in [3.8, 4) is 0 Å². The van der Waals surface area contributed by atoms with E-state index < -0.39 is 10.1 Å². The Morgan fingerprint density at radius 2 is 1.70 bits per heavy atom. The summed E-state index contributed by atoms with van der Waals surface area (Å²) in [6, 6.07) is 9.42. The van der Waals surface area contributed by atoms with Crippen molar-refractivity contribution in [3.05, 3.63) is 47.0 Å². The Kier molecular flexibility index (Phi) is 4.07. The molecule has 23 heavy (non-hydrogen) atoms. The molecule has 0 amide bonds. The van der Waals surface area contributed by atoms with Crippen LogP contribution in [0.2, 0.25) is 10.6 Å². The summed E-state index contributed by atoms with van der Waals surface area (Å²) in [6.07, 6.45) is 0. The number of halogens is 2. The zero-order valence-electron chi connectivity index (χ0n) is 11.2. The average molecular weight is 371 g/mol. The Balaban J connectivity index is 2.04. The second-order valence-electron chi connectivity index (χ2n) is 4.49. The summed E-state index contributed by atoms with van der Waals surface area (Å²) < 4.78 is 32.0. The molecule has 3 aromatic rings. The van der Waals surface area contributed by atoms with Gasteiger partial charge in [0.25, 0.3) is 10.1 Å². The van der Waals surface area contributed by atoms with Gasteiger partial charge in [-0.25, -0.2) is 0 Å². The first kappa shape index (κ1) is 15.9. The van der Waals surface area contributed by atoms with Crippen molar-refractivity contribution >= 4 is 55.7 Å². The fraction of sp³-hybridized carbons (Fsp3) is 0. The quantitative estimate of drug-likeness (QED) is 0.681. The highest BCUT2D eigenvalue weighted by Gasteiger charge is 2.13. The average Bonchev–Trinajstić information content (AvgIpc) is 2.44. The molecule has 0 saturated carbocycles. The second-order valence-corrected chi connectivity index (χ2v) is 6.56. The van der Waals surface area contributed by atoms with E-state index in [1.807, 2.05) is 0 Å². The Morgan fingerprint density at radius 3 is 2.35 bits per heavy atom. The van der Waals surface area contributed by atoms with Crippen LogP contribution in [0.15, 0.2) is 41.3 Å². The van der Waals surface area contributed by atoms with Crippen LogP contribution in [0.5, 0.6) is 0 Å². The van der Waals surface area contributed by atoms with Gasteiger partial charge in [0.2, 0.25) is 16.5 Å². The largest absolute Gasteiger partial charge is 0.324 e. The summed E-state index contributed by atoms with van der Waals surface area (Å²) in [5.74, 6) is 0.153. The number of hydrogen-bond donors (Lipinski definition) is 2.